The van der Waals surface area contributed by atoms with E-state index in [9.17, 15) is 18.0 Å². The fraction of sp³-hybridized carbons (Fsp3) is 0.567. The fourth-order valence-corrected chi connectivity index (χ4v) is 6.25. The van der Waals surface area contributed by atoms with Crippen molar-refractivity contribution in [3.05, 3.63) is 48.0 Å². The van der Waals surface area contributed by atoms with Crippen molar-refractivity contribution in [3.63, 3.8) is 0 Å². The molecule has 0 atom stereocenters. The normalized spacial score (nSPS) is 16.2. The Balaban J connectivity index is 1.21. The molecule has 0 saturated carbocycles. The first-order chi connectivity index (χ1) is 18.8. The van der Waals surface area contributed by atoms with Crippen LogP contribution in [0, 0.1) is 0 Å². The van der Waals surface area contributed by atoms with Crippen molar-refractivity contribution < 1.29 is 22.7 Å². The Morgan fingerprint density at radius 2 is 1.54 bits per heavy atom. The smallest absolute Gasteiger partial charge is 0.416 e. The number of esters is 1. The van der Waals surface area contributed by atoms with Crippen molar-refractivity contribution in [1.29, 1.82) is 0 Å². The van der Waals surface area contributed by atoms with E-state index in [2.05, 4.69) is 16.7 Å². The van der Waals surface area contributed by atoms with E-state index >= 15 is 0 Å². The number of hydrogen-bond acceptors (Lipinski definition) is 6. The van der Waals surface area contributed by atoms with E-state index in [1.165, 1.54) is 43.2 Å². The van der Waals surface area contributed by atoms with Gasteiger partial charge in [-0.1, -0.05) is 56.5 Å². The van der Waals surface area contributed by atoms with Gasteiger partial charge in [-0.05, 0) is 49.7 Å². The lowest BCUT2D eigenvalue weighted by Gasteiger charge is -2.36. The van der Waals surface area contributed by atoms with Gasteiger partial charge in [0.05, 0.1) is 16.9 Å². The minimum atomic E-state index is -4.37. The summed E-state index contributed by atoms with van der Waals surface area (Å²) >= 11 is 1.53. The maximum atomic E-state index is 13.5. The quantitative estimate of drug-likeness (QED) is 0.189. The number of piperazine rings is 1. The van der Waals surface area contributed by atoms with E-state index in [1.807, 2.05) is 29.2 Å². The van der Waals surface area contributed by atoms with Crippen molar-refractivity contribution in [2.75, 3.05) is 57.3 Å². The molecule has 2 aromatic rings. The molecule has 2 aliphatic heterocycles. The van der Waals surface area contributed by atoms with Gasteiger partial charge in [0.2, 0.25) is 0 Å². The highest BCUT2D eigenvalue weighted by atomic mass is 32.2. The summed E-state index contributed by atoms with van der Waals surface area (Å²) in [5.74, 6) is -0.0910. The van der Waals surface area contributed by atoms with E-state index in [0.29, 0.717) is 25.3 Å². The molecular weight excluding hydrogens is 523 g/mol. The monoisotopic (exact) mass is 563 g/mol. The van der Waals surface area contributed by atoms with Crippen molar-refractivity contribution >= 4 is 29.1 Å². The largest absolute Gasteiger partial charge is 0.464 e. The van der Waals surface area contributed by atoms with Crippen LogP contribution in [0.25, 0.3) is 0 Å². The molecule has 4 rings (SSSR count). The van der Waals surface area contributed by atoms with E-state index in [1.54, 1.807) is 6.07 Å². The number of unbranched alkanes of at least 4 members (excludes halogenated alkanes) is 4. The standard InChI is InChI=1S/C30H40F3N3O2S/c1-2-3-4-5-6-12-29(37)38-22-21-35-19-17-34(18-20-35)15-9-16-36-25-10-7-8-11-27(25)39-28-14-13-24(23-26(28)36)30(31,32)33/h7-8,10-11,13-14,23H,2-6,9,12,15-22H2,1H3. The molecule has 1 fully saturated rings. The number of fused-ring (bicyclic) bond motifs is 2. The highest BCUT2D eigenvalue weighted by Crippen LogP contribution is 2.49. The minimum absolute atomic E-state index is 0.0910. The summed E-state index contributed by atoms with van der Waals surface area (Å²) in [5.41, 5.74) is 0.989. The number of ether oxygens (including phenoxy) is 1. The number of rotatable bonds is 13. The molecule has 214 valence electrons. The molecule has 2 aliphatic rings. The summed E-state index contributed by atoms with van der Waals surface area (Å²) in [6, 6.07) is 12.0. The molecule has 1 saturated heterocycles. The number of halogens is 3. The van der Waals surface area contributed by atoms with Crippen LogP contribution in [0.5, 0.6) is 0 Å². The van der Waals surface area contributed by atoms with Crippen LogP contribution in [0.1, 0.15) is 57.4 Å². The Kier molecular flexibility index (Phi) is 11.0. The van der Waals surface area contributed by atoms with Crippen LogP contribution in [0.2, 0.25) is 0 Å². The zero-order valence-corrected chi connectivity index (χ0v) is 23.7. The number of carbonyl (C=O) groups excluding carboxylic acids is 1. The van der Waals surface area contributed by atoms with Crippen LogP contribution in [-0.4, -0.2) is 68.2 Å². The Labute approximate surface area is 234 Å². The second-order valence-corrected chi connectivity index (χ2v) is 11.4. The molecule has 9 heteroatoms. The Hall–Kier alpha value is -2.23. The summed E-state index contributed by atoms with van der Waals surface area (Å²) in [6.45, 7) is 8.65. The van der Waals surface area contributed by atoms with Crippen LogP contribution in [0.4, 0.5) is 24.5 Å². The van der Waals surface area contributed by atoms with Gasteiger partial charge in [0.15, 0.2) is 0 Å². The van der Waals surface area contributed by atoms with Crippen LogP contribution in [0.15, 0.2) is 52.3 Å². The molecule has 0 spiro atoms. The molecule has 2 aromatic carbocycles. The van der Waals surface area contributed by atoms with Gasteiger partial charge in [-0.25, -0.2) is 0 Å². The maximum absolute atomic E-state index is 13.5. The number of carbonyl (C=O) groups is 1. The lowest BCUT2D eigenvalue weighted by molar-refractivity contribution is -0.144. The SMILES string of the molecule is CCCCCCCC(=O)OCCN1CCN(CCCN2c3ccccc3Sc3ccc(C(F)(F)F)cc32)CC1. The molecule has 39 heavy (non-hydrogen) atoms. The molecule has 0 unspecified atom stereocenters. The number of benzene rings is 2. The van der Waals surface area contributed by atoms with Crippen LogP contribution < -0.4 is 4.90 Å². The van der Waals surface area contributed by atoms with Crippen LogP contribution >= 0.6 is 11.8 Å². The first-order valence-corrected chi connectivity index (χ1v) is 15.0. The molecule has 0 N–H and O–H groups in total. The number of alkyl halides is 3. The summed E-state index contributed by atoms with van der Waals surface area (Å²) < 4.78 is 45.8. The lowest BCUT2D eigenvalue weighted by atomic mass is 10.1. The summed E-state index contributed by atoms with van der Waals surface area (Å²) in [4.78, 5) is 20.6. The second-order valence-electron chi connectivity index (χ2n) is 10.3. The summed E-state index contributed by atoms with van der Waals surface area (Å²) in [7, 11) is 0. The molecule has 2 heterocycles. The Morgan fingerprint density at radius 3 is 2.28 bits per heavy atom. The minimum Gasteiger partial charge on any atom is -0.464 e. The highest BCUT2D eigenvalue weighted by molar-refractivity contribution is 7.99. The predicted molar refractivity (Wildman–Crippen MR) is 151 cm³/mol. The van der Waals surface area contributed by atoms with Crippen LogP contribution in [0.3, 0.4) is 0 Å². The van der Waals surface area contributed by atoms with Crippen molar-refractivity contribution in [1.82, 2.24) is 9.80 Å². The number of nitrogens with zero attached hydrogens (tertiary/aromatic N) is 3. The van der Waals surface area contributed by atoms with E-state index in [4.69, 9.17) is 4.74 Å². The number of hydrogen-bond donors (Lipinski definition) is 0. The molecule has 0 amide bonds. The molecule has 0 aliphatic carbocycles. The summed E-state index contributed by atoms with van der Waals surface area (Å²) in [6.07, 6.45) is 2.61. The maximum Gasteiger partial charge on any atom is 0.416 e. The summed E-state index contributed by atoms with van der Waals surface area (Å²) in [5, 5.41) is 0. The average Bonchev–Trinajstić information content (AvgIpc) is 2.92. The topological polar surface area (TPSA) is 36.0 Å². The molecule has 0 radical (unpaired) electrons. The van der Waals surface area contributed by atoms with Crippen LogP contribution in [-0.2, 0) is 15.7 Å². The molecule has 0 aromatic heterocycles. The van der Waals surface area contributed by atoms with Gasteiger partial charge >= 0.3 is 12.1 Å². The van der Waals surface area contributed by atoms with Crippen molar-refractivity contribution in [3.8, 4) is 0 Å². The van der Waals surface area contributed by atoms with E-state index in [-0.39, 0.29) is 5.97 Å². The number of para-hydroxylation sites is 1. The fourth-order valence-electron chi connectivity index (χ4n) is 5.17. The predicted octanol–water partition coefficient (Wildman–Crippen LogP) is 7.22. The first kappa shape index (κ1) is 29.7. The third kappa shape index (κ3) is 8.63. The Bertz CT molecular complexity index is 1070. The highest BCUT2D eigenvalue weighted by Gasteiger charge is 2.33. The van der Waals surface area contributed by atoms with Gasteiger partial charge < -0.3 is 14.5 Å². The Morgan fingerprint density at radius 1 is 0.846 bits per heavy atom. The van der Waals surface area contributed by atoms with Crippen molar-refractivity contribution in [2.24, 2.45) is 0 Å². The zero-order chi connectivity index (χ0) is 27.7. The van der Waals surface area contributed by atoms with Gasteiger partial charge in [0, 0.05) is 55.5 Å². The molecular formula is C30H40F3N3O2S. The third-order valence-electron chi connectivity index (χ3n) is 7.43. The van der Waals surface area contributed by atoms with Gasteiger partial charge in [-0.3, -0.25) is 9.69 Å². The molecule has 5 nitrogen and oxygen atoms in total. The van der Waals surface area contributed by atoms with Gasteiger partial charge in [-0.15, -0.1) is 0 Å². The third-order valence-corrected chi connectivity index (χ3v) is 8.56. The average molecular weight is 564 g/mol. The number of anilines is 2. The lowest BCUT2D eigenvalue weighted by Crippen LogP contribution is -2.47. The van der Waals surface area contributed by atoms with Crippen molar-refractivity contribution in [2.45, 2.75) is 67.8 Å². The van der Waals surface area contributed by atoms with E-state index < -0.39 is 11.7 Å². The van der Waals surface area contributed by atoms with Gasteiger partial charge in [0.1, 0.15) is 6.61 Å². The van der Waals surface area contributed by atoms with Gasteiger partial charge in [0.25, 0.3) is 0 Å². The zero-order valence-electron chi connectivity index (χ0n) is 22.8. The first-order valence-electron chi connectivity index (χ1n) is 14.2. The second kappa shape index (κ2) is 14.4. The van der Waals surface area contributed by atoms with E-state index in [0.717, 1.165) is 74.0 Å². The molecule has 0 bridgehead atoms. The van der Waals surface area contributed by atoms with Gasteiger partial charge in [-0.2, -0.15) is 13.2 Å².